The van der Waals surface area contributed by atoms with Gasteiger partial charge < -0.3 is 14.6 Å². The monoisotopic (exact) mass is 281 g/mol. The Morgan fingerprint density at radius 3 is 2.63 bits per heavy atom. The van der Waals surface area contributed by atoms with Crippen molar-refractivity contribution in [3.8, 4) is 17.1 Å². The van der Waals surface area contributed by atoms with Crippen LogP contribution in [0.2, 0.25) is 0 Å². The van der Waals surface area contributed by atoms with Gasteiger partial charge in [0.25, 0.3) is 0 Å². The van der Waals surface area contributed by atoms with Crippen LogP contribution in [0.5, 0.6) is 5.75 Å². The molecule has 0 unspecified atom stereocenters. The highest BCUT2D eigenvalue weighted by atomic mass is 35.5. The quantitative estimate of drug-likeness (QED) is 0.928. The molecule has 1 aromatic heterocycles. The number of methoxy groups -OCH3 is 1. The summed E-state index contributed by atoms with van der Waals surface area (Å²) >= 11 is 0. The highest BCUT2D eigenvalue weighted by Crippen LogP contribution is 2.20. The number of aromatic nitrogens is 2. The Balaban J connectivity index is 0.00000133. The fourth-order valence-corrected chi connectivity index (χ4v) is 1.93. The van der Waals surface area contributed by atoms with Crippen LogP contribution in [0.15, 0.2) is 28.8 Å². The zero-order valence-electron chi connectivity index (χ0n) is 10.6. The average Bonchev–Trinajstić information content (AvgIpc) is 2.83. The molecule has 19 heavy (non-hydrogen) atoms. The maximum atomic E-state index is 5.26. The van der Waals surface area contributed by atoms with Crippen LogP contribution < -0.4 is 10.1 Å². The fraction of sp³-hybridized carbons (Fsp3) is 0.385. The lowest BCUT2D eigenvalue weighted by molar-refractivity contribution is 0.296. The molecule has 2 heterocycles. The maximum Gasteiger partial charge on any atom is 0.227 e. The number of hydrogen-bond acceptors (Lipinski definition) is 5. The molecule has 2 aromatic rings. The Kier molecular flexibility index (Phi) is 4.39. The minimum atomic E-state index is 0. The van der Waals surface area contributed by atoms with Crippen molar-refractivity contribution in [2.45, 2.75) is 6.42 Å². The maximum absolute atomic E-state index is 5.26. The van der Waals surface area contributed by atoms with E-state index in [2.05, 4.69) is 15.5 Å². The molecule has 0 amide bonds. The third-order valence-electron chi connectivity index (χ3n) is 3.15. The van der Waals surface area contributed by atoms with E-state index < -0.39 is 0 Å². The van der Waals surface area contributed by atoms with Crippen LogP contribution in [0.1, 0.15) is 5.89 Å². The van der Waals surface area contributed by atoms with E-state index in [-0.39, 0.29) is 12.4 Å². The highest BCUT2D eigenvalue weighted by Gasteiger charge is 2.20. The van der Waals surface area contributed by atoms with E-state index in [1.54, 1.807) is 7.11 Å². The molecule has 6 heteroatoms. The second-order valence-corrected chi connectivity index (χ2v) is 4.47. The number of ether oxygens (including phenoxy) is 1. The molecule has 0 bridgehead atoms. The number of nitrogens with one attached hydrogen (secondary N) is 1. The van der Waals surface area contributed by atoms with Crippen molar-refractivity contribution in [1.82, 2.24) is 15.5 Å². The van der Waals surface area contributed by atoms with Crippen LogP contribution >= 0.6 is 12.4 Å². The Morgan fingerprint density at radius 1 is 1.32 bits per heavy atom. The summed E-state index contributed by atoms with van der Waals surface area (Å²) in [5.41, 5.74) is 0.942. The second kappa shape index (κ2) is 6.04. The Hall–Kier alpha value is -1.59. The first-order valence-corrected chi connectivity index (χ1v) is 6.03. The Bertz CT molecular complexity index is 523. The fourth-order valence-electron chi connectivity index (χ4n) is 1.93. The minimum absolute atomic E-state index is 0. The van der Waals surface area contributed by atoms with E-state index in [0.717, 1.165) is 30.8 Å². The van der Waals surface area contributed by atoms with Crippen LogP contribution in [-0.4, -0.2) is 30.3 Å². The molecule has 0 atom stereocenters. The molecular formula is C13H16ClN3O2. The topological polar surface area (TPSA) is 60.2 Å². The molecule has 1 aromatic carbocycles. The van der Waals surface area contributed by atoms with Gasteiger partial charge in [-0.1, -0.05) is 5.16 Å². The van der Waals surface area contributed by atoms with Gasteiger partial charge in [-0.3, -0.25) is 0 Å². The Morgan fingerprint density at radius 2 is 2.05 bits per heavy atom. The molecule has 1 N–H and O–H groups in total. The first kappa shape index (κ1) is 13.8. The van der Waals surface area contributed by atoms with Gasteiger partial charge in [-0.25, -0.2) is 0 Å². The molecule has 0 saturated carbocycles. The van der Waals surface area contributed by atoms with Crippen LogP contribution in [-0.2, 0) is 6.42 Å². The summed E-state index contributed by atoms with van der Waals surface area (Å²) in [5, 5.41) is 7.23. The van der Waals surface area contributed by atoms with Crippen molar-refractivity contribution in [3.63, 3.8) is 0 Å². The van der Waals surface area contributed by atoms with E-state index in [9.17, 15) is 0 Å². The molecule has 3 rings (SSSR count). The van der Waals surface area contributed by atoms with Gasteiger partial charge >= 0.3 is 0 Å². The van der Waals surface area contributed by atoms with E-state index in [4.69, 9.17) is 9.26 Å². The molecule has 0 spiro atoms. The first-order chi connectivity index (χ1) is 8.85. The predicted molar refractivity (Wildman–Crippen MR) is 73.6 cm³/mol. The predicted octanol–water partition coefficient (Wildman–Crippen LogP) is 1.93. The van der Waals surface area contributed by atoms with Gasteiger partial charge in [0.1, 0.15) is 5.75 Å². The van der Waals surface area contributed by atoms with Crippen molar-refractivity contribution >= 4 is 12.4 Å². The second-order valence-electron chi connectivity index (χ2n) is 4.47. The largest absolute Gasteiger partial charge is 0.497 e. The van der Waals surface area contributed by atoms with E-state index in [1.165, 1.54) is 0 Å². The van der Waals surface area contributed by atoms with Gasteiger partial charge in [0.15, 0.2) is 0 Å². The minimum Gasteiger partial charge on any atom is -0.497 e. The van der Waals surface area contributed by atoms with Crippen molar-refractivity contribution in [1.29, 1.82) is 0 Å². The van der Waals surface area contributed by atoms with Crippen molar-refractivity contribution in [2.75, 3.05) is 20.2 Å². The lowest BCUT2D eigenvalue weighted by Gasteiger charge is -2.25. The van der Waals surface area contributed by atoms with Gasteiger partial charge in [0.2, 0.25) is 11.7 Å². The van der Waals surface area contributed by atoms with Crippen LogP contribution in [0.3, 0.4) is 0 Å². The van der Waals surface area contributed by atoms with Gasteiger partial charge in [0, 0.05) is 12.0 Å². The first-order valence-electron chi connectivity index (χ1n) is 6.03. The summed E-state index contributed by atoms with van der Waals surface area (Å²) in [5.74, 6) is 2.81. The SMILES string of the molecule is COc1ccc(-c2noc(CC3CNC3)n2)cc1.Cl. The summed E-state index contributed by atoms with van der Waals surface area (Å²) in [7, 11) is 1.65. The average molecular weight is 282 g/mol. The summed E-state index contributed by atoms with van der Waals surface area (Å²) < 4.78 is 10.4. The van der Waals surface area contributed by atoms with Gasteiger partial charge in [-0.15, -0.1) is 12.4 Å². The third kappa shape index (κ3) is 3.05. The van der Waals surface area contributed by atoms with Gasteiger partial charge in [-0.05, 0) is 43.3 Å². The summed E-state index contributed by atoms with van der Waals surface area (Å²) in [6, 6.07) is 7.64. The van der Waals surface area contributed by atoms with Crippen molar-refractivity contribution < 1.29 is 9.26 Å². The Labute approximate surface area is 117 Å². The van der Waals surface area contributed by atoms with Gasteiger partial charge in [-0.2, -0.15) is 4.98 Å². The number of rotatable bonds is 4. The standard InChI is InChI=1S/C13H15N3O2.ClH/c1-17-11-4-2-10(3-5-11)13-15-12(18-16-13)6-9-7-14-8-9;/h2-5,9,14H,6-8H2,1H3;1H. The smallest absolute Gasteiger partial charge is 0.227 e. The third-order valence-corrected chi connectivity index (χ3v) is 3.15. The molecule has 0 aliphatic carbocycles. The van der Waals surface area contributed by atoms with E-state index in [0.29, 0.717) is 17.6 Å². The zero-order valence-corrected chi connectivity index (χ0v) is 11.4. The van der Waals surface area contributed by atoms with Crippen molar-refractivity contribution in [2.24, 2.45) is 5.92 Å². The highest BCUT2D eigenvalue weighted by molar-refractivity contribution is 5.85. The summed E-state index contributed by atoms with van der Waals surface area (Å²) in [4.78, 5) is 4.41. The zero-order chi connectivity index (χ0) is 12.4. The molecule has 5 nitrogen and oxygen atoms in total. The van der Waals surface area contributed by atoms with Crippen molar-refractivity contribution in [3.05, 3.63) is 30.2 Å². The van der Waals surface area contributed by atoms with Gasteiger partial charge in [0.05, 0.1) is 7.11 Å². The van der Waals surface area contributed by atoms with E-state index >= 15 is 0 Å². The summed E-state index contributed by atoms with van der Waals surface area (Å²) in [6.07, 6.45) is 0.857. The molecule has 1 aliphatic heterocycles. The molecule has 1 fully saturated rings. The van der Waals surface area contributed by atoms with Crippen LogP contribution in [0, 0.1) is 5.92 Å². The number of halogens is 1. The van der Waals surface area contributed by atoms with Crippen LogP contribution in [0.25, 0.3) is 11.4 Å². The molecule has 0 radical (unpaired) electrons. The number of nitrogens with zero attached hydrogens (tertiary/aromatic N) is 2. The lowest BCUT2D eigenvalue weighted by atomic mass is 10.00. The molecule has 1 aliphatic rings. The molecule has 1 saturated heterocycles. The normalized spacial score (nSPS) is 14.6. The number of benzene rings is 1. The molecular weight excluding hydrogens is 266 g/mol. The van der Waals surface area contributed by atoms with Crippen LogP contribution in [0.4, 0.5) is 0 Å². The lowest BCUT2D eigenvalue weighted by Crippen LogP contribution is -2.43. The van der Waals surface area contributed by atoms with E-state index in [1.807, 2.05) is 24.3 Å². The summed E-state index contributed by atoms with van der Waals surface area (Å²) in [6.45, 7) is 2.08. The number of hydrogen-bond donors (Lipinski definition) is 1. The molecule has 102 valence electrons.